The van der Waals surface area contributed by atoms with Crippen molar-refractivity contribution in [2.45, 2.75) is 57.5 Å². The molecule has 1 amide bonds. The monoisotopic (exact) mass is 345 g/mol. The lowest BCUT2D eigenvalue weighted by atomic mass is 9.86. The molecule has 1 saturated carbocycles. The molecular formula is C16H31N3O3S. The van der Waals surface area contributed by atoms with Crippen LogP contribution in [-0.4, -0.2) is 68.6 Å². The predicted molar refractivity (Wildman–Crippen MR) is 91.6 cm³/mol. The van der Waals surface area contributed by atoms with Crippen molar-refractivity contribution in [1.82, 2.24) is 14.5 Å². The van der Waals surface area contributed by atoms with Gasteiger partial charge in [-0.05, 0) is 31.6 Å². The highest BCUT2D eigenvalue weighted by Crippen LogP contribution is 2.23. The summed E-state index contributed by atoms with van der Waals surface area (Å²) in [5, 5.41) is 3.19. The highest BCUT2D eigenvalue weighted by atomic mass is 32.2. The number of nitrogens with zero attached hydrogens (tertiary/aromatic N) is 2. The van der Waals surface area contributed by atoms with Gasteiger partial charge in [-0.2, -0.15) is 0 Å². The van der Waals surface area contributed by atoms with Crippen LogP contribution in [0.25, 0.3) is 0 Å². The average Bonchev–Trinajstić information content (AvgIpc) is 2.49. The van der Waals surface area contributed by atoms with Crippen molar-refractivity contribution in [3.8, 4) is 0 Å². The third kappa shape index (κ3) is 5.43. The summed E-state index contributed by atoms with van der Waals surface area (Å²) in [7, 11) is -1.49. The summed E-state index contributed by atoms with van der Waals surface area (Å²) in [4.78, 5) is 14.4. The standard InChI is InChI=1S/C16H31N3O3S/c1-13-6-4-5-7-15(13)17-16(20)12-19-10-8-14(9-11-19)18(2)23(3,21)22/h13-15H,4-12H2,1-3H3,(H,17,20). The van der Waals surface area contributed by atoms with Crippen LogP contribution >= 0.6 is 0 Å². The second-order valence-electron chi connectivity index (χ2n) is 7.22. The summed E-state index contributed by atoms with van der Waals surface area (Å²) in [5.74, 6) is 0.681. The predicted octanol–water partition coefficient (Wildman–Crippen LogP) is 1.04. The van der Waals surface area contributed by atoms with E-state index in [0.29, 0.717) is 18.5 Å². The maximum Gasteiger partial charge on any atom is 0.234 e. The molecule has 0 aromatic heterocycles. The molecular weight excluding hydrogens is 314 g/mol. The van der Waals surface area contributed by atoms with Crippen molar-refractivity contribution in [3.05, 3.63) is 0 Å². The molecule has 0 aromatic carbocycles. The molecule has 0 spiro atoms. The Kier molecular flexibility index (Phi) is 6.45. The summed E-state index contributed by atoms with van der Waals surface area (Å²) in [6.45, 7) is 4.20. The van der Waals surface area contributed by atoms with Gasteiger partial charge in [0.15, 0.2) is 0 Å². The number of hydrogen-bond donors (Lipinski definition) is 1. The third-order valence-electron chi connectivity index (χ3n) is 5.42. The van der Waals surface area contributed by atoms with Crippen LogP contribution in [0.2, 0.25) is 0 Å². The van der Waals surface area contributed by atoms with Gasteiger partial charge in [-0.3, -0.25) is 9.69 Å². The van der Waals surface area contributed by atoms with E-state index in [1.807, 2.05) is 0 Å². The van der Waals surface area contributed by atoms with Crippen molar-refractivity contribution in [3.63, 3.8) is 0 Å². The van der Waals surface area contributed by atoms with E-state index in [1.165, 1.54) is 29.8 Å². The first kappa shape index (κ1) is 18.7. The van der Waals surface area contributed by atoms with Crippen LogP contribution in [-0.2, 0) is 14.8 Å². The van der Waals surface area contributed by atoms with E-state index < -0.39 is 10.0 Å². The number of sulfonamides is 1. The SMILES string of the molecule is CC1CCCCC1NC(=O)CN1CCC(N(C)S(C)(=O)=O)CC1. The van der Waals surface area contributed by atoms with Gasteiger partial charge >= 0.3 is 0 Å². The topological polar surface area (TPSA) is 69.7 Å². The Morgan fingerprint density at radius 1 is 1.17 bits per heavy atom. The lowest BCUT2D eigenvalue weighted by Gasteiger charge is -2.36. The molecule has 1 aliphatic heterocycles. The number of hydrogen-bond acceptors (Lipinski definition) is 4. The van der Waals surface area contributed by atoms with Gasteiger partial charge in [-0.1, -0.05) is 19.8 Å². The first-order valence-corrected chi connectivity index (χ1v) is 10.6. The van der Waals surface area contributed by atoms with E-state index in [9.17, 15) is 13.2 Å². The highest BCUT2D eigenvalue weighted by Gasteiger charge is 2.28. The average molecular weight is 346 g/mol. The van der Waals surface area contributed by atoms with Gasteiger partial charge in [0.05, 0.1) is 12.8 Å². The van der Waals surface area contributed by atoms with Crippen LogP contribution in [0.3, 0.4) is 0 Å². The molecule has 2 unspecified atom stereocenters. The quantitative estimate of drug-likeness (QED) is 0.808. The molecule has 0 radical (unpaired) electrons. The summed E-state index contributed by atoms with van der Waals surface area (Å²) in [6.07, 6.45) is 7.60. The molecule has 7 heteroatoms. The zero-order chi connectivity index (χ0) is 17.0. The van der Waals surface area contributed by atoms with E-state index in [1.54, 1.807) is 7.05 Å². The molecule has 1 aliphatic carbocycles. The maximum atomic E-state index is 12.2. The van der Waals surface area contributed by atoms with Crippen molar-refractivity contribution in [2.75, 3.05) is 32.9 Å². The molecule has 2 fully saturated rings. The lowest BCUT2D eigenvalue weighted by molar-refractivity contribution is -0.123. The van der Waals surface area contributed by atoms with Crippen LogP contribution in [0.15, 0.2) is 0 Å². The number of nitrogens with one attached hydrogen (secondary N) is 1. The first-order chi connectivity index (χ1) is 10.8. The van der Waals surface area contributed by atoms with Gasteiger partial charge in [0.2, 0.25) is 15.9 Å². The van der Waals surface area contributed by atoms with Crippen LogP contribution in [0.4, 0.5) is 0 Å². The molecule has 2 rings (SSSR count). The molecule has 6 nitrogen and oxygen atoms in total. The van der Waals surface area contributed by atoms with E-state index in [0.717, 1.165) is 32.4 Å². The smallest absolute Gasteiger partial charge is 0.234 e. The molecule has 2 atom stereocenters. The van der Waals surface area contributed by atoms with Crippen molar-refractivity contribution < 1.29 is 13.2 Å². The van der Waals surface area contributed by atoms with Crippen molar-refractivity contribution in [1.29, 1.82) is 0 Å². The zero-order valence-electron chi connectivity index (χ0n) is 14.6. The maximum absolute atomic E-state index is 12.2. The van der Waals surface area contributed by atoms with Gasteiger partial charge in [-0.15, -0.1) is 0 Å². The van der Waals surface area contributed by atoms with Crippen molar-refractivity contribution in [2.24, 2.45) is 5.92 Å². The van der Waals surface area contributed by atoms with Crippen LogP contribution in [0.5, 0.6) is 0 Å². The van der Waals surface area contributed by atoms with E-state index in [-0.39, 0.29) is 11.9 Å². The lowest BCUT2D eigenvalue weighted by Crippen LogP contribution is -2.49. The van der Waals surface area contributed by atoms with E-state index in [4.69, 9.17) is 0 Å². The van der Waals surface area contributed by atoms with E-state index in [2.05, 4.69) is 17.1 Å². The molecule has 0 aromatic rings. The molecule has 1 saturated heterocycles. The molecule has 2 aliphatic rings. The Balaban J connectivity index is 1.74. The van der Waals surface area contributed by atoms with Gasteiger partial charge in [0.1, 0.15) is 0 Å². The first-order valence-electron chi connectivity index (χ1n) is 8.72. The second-order valence-corrected chi connectivity index (χ2v) is 9.26. The fourth-order valence-corrected chi connectivity index (χ4v) is 4.45. The normalized spacial score (nSPS) is 28.0. The minimum absolute atomic E-state index is 0.0580. The number of amides is 1. The number of piperidine rings is 1. The molecule has 0 bridgehead atoms. The van der Waals surface area contributed by atoms with Gasteiger partial charge in [0, 0.05) is 32.2 Å². The number of rotatable bonds is 5. The van der Waals surface area contributed by atoms with Gasteiger partial charge in [-0.25, -0.2) is 12.7 Å². The molecule has 1 heterocycles. The minimum Gasteiger partial charge on any atom is -0.352 e. The third-order valence-corrected chi connectivity index (χ3v) is 6.76. The second kappa shape index (κ2) is 7.94. The number of carbonyl (C=O) groups is 1. The summed E-state index contributed by atoms with van der Waals surface area (Å²) in [6, 6.07) is 0.382. The Morgan fingerprint density at radius 2 is 1.78 bits per heavy atom. The largest absolute Gasteiger partial charge is 0.352 e. The Morgan fingerprint density at radius 3 is 2.35 bits per heavy atom. The van der Waals surface area contributed by atoms with E-state index >= 15 is 0 Å². The van der Waals surface area contributed by atoms with Crippen LogP contribution in [0.1, 0.15) is 45.4 Å². The fourth-order valence-electron chi connectivity index (χ4n) is 3.70. The number of likely N-dealkylation sites (tertiary alicyclic amines) is 1. The van der Waals surface area contributed by atoms with Crippen LogP contribution in [0, 0.1) is 5.92 Å². The Labute approximate surface area is 140 Å². The van der Waals surface area contributed by atoms with Crippen molar-refractivity contribution >= 4 is 15.9 Å². The summed E-state index contributed by atoms with van der Waals surface area (Å²) >= 11 is 0. The highest BCUT2D eigenvalue weighted by molar-refractivity contribution is 7.88. The zero-order valence-corrected chi connectivity index (χ0v) is 15.4. The van der Waals surface area contributed by atoms with Gasteiger partial charge < -0.3 is 5.32 Å². The Bertz CT molecular complexity index is 501. The van der Waals surface area contributed by atoms with Gasteiger partial charge in [0.25, 0.3) is 0 Å². The number of carbonyl (C=O) groups excluding carboxylic acids is 1. The fraction of sp³-hybridized carbons (Fsp3) is 0.938. The minimum atomic E-state index is -3.13. The summed E-state index contributed by atoms with van der Waals surface area (Å²) in [5.41, 5.74) is 0. The Hall–Kier alpha value is -0.660. The molecule has 23 heavy (non-hydrogen) atoms. The summed E-state index contributed by atoms with van der Waals surface area (Å²) < 4.78 is 24.6. The molecule has 134 valence electrons. The van der Waals surface area contributed by atoms with Crippen LogP contribution < -0.4 is 5.32 Å². The molecule has 1 N–H and O–H groups in total.